The molecule has 2 amide bonds. The van der Waals surface area contributed by atoms with Gasteiger partial charge in [0.15, 0.2) is 0 Å². The molecule has 3 aromatic rings. The minimum atomic E-state index is -0.253. The minimum Gasteiger partial charge on any atom is -0.350 e. The number of carbonyl (C=O) groups excluding carboxylic acids is 2. The summed E-state index contributed by atoms with van der Waals surface area (Å²) in [7, 11) is 0. The van der Waals surface area contributed by atoms with Crippen molar-refractivity contribution in [1.82, 2.24) is 15.1 Å². The van der Waals surface area contributed by atoms with E-state index in [2.05, 4.69) is 15.7 Å². The maximum Gasteiger partial charge on any atom is 0.255 e. The molecular formula is C24H28N4O2. The zero-order valence-electron chi connectivity index (χ0n) is 17.9. The second kappa shape index (κ2) is 9.39. The van der Waals surface area contributed by atoms with Gasteiger partial charge in [0.1, 0.15) is 0 Å². The Balaban J connectivity index is 1.71. The molecule has 0 aliphatic rings. The van der Waals surface area contributed by atoms with Crippen LogP contribution in [0.15, 0.2) is 54.6 Å². The molecule has 2 aromatic carbocycles. The van der Waals surface area contributed by atoms with Crippen molar-refractivity contribution in [2.45, 2.75) is 46.7 Å². The highest BCUT2D eigenvalue weighted by atomic mass is 16.2. The fourth-order valence-corrected chi connectivity index (χ4v) is 3.16. The van der Waals surface area contributed by atoms with E-state index in [1.807, 2.05) is 50.6 Å². The monoisotopic (exact) mass is 404 g/mol. The van der Waals surface area contributed by atoms with Crippen molar-refractivity contribution in [3.8, 4) is 0 Å². The summed E-state index contributed by atoms with van der Waals surface area (Å²) in [6.45, 7) is 8.61. The molecule has 6 heteroatoms. The van der Waals surface area contributed by atoms with Gasteiger partial charge in [0.25, 0.3) is 11.8 Å². The molecule has 0 saturated carbocycles. The number of para-hydroxylation sites is 1. The number of benzene rings is 2. The lowest BCUT2D eigenvalue weighted by molar-refractivity contribution is 0.0940. The lowest BCUT2D eigenvalue weighted by Crippen LogP contribution is -2.32. The van der Waals surface area contributed by atoms with Crippen LogP contribution in [0.4, 0.5) is 5.69 Å². The van der Waals surface area contributed by atoms with E-state index in [0.29, 0.717) is 23.4 Å². The Morgan fingerprint density at radius 1 is 1.03 bits per heavy atom. The molecule has 0 saturated heterocycles. The number of hydrogen-bond acceptors (Lipinski definition) is 3. The first-order valence-electron chi connectivity index (χ1n) is 10.2. The van der Waals surface area contributed by atoms with E-state index in [1.54, 1.807) is 36.4 Å². The van der Waals surface area contributed by atoms with Crippen molar-refractivity contribution < 1.29 is 9.59 Å². The van der Waals surface area contributed by atoms with Gasteiger partial charge in [-0.1, -0.05) is 31.2 Å². The van der Waals surface area contributed by atoms with Gasteiger partial charge in [0, 0.05) is 17.3 Å². The van der Waals surface area contributed by atoms with Gasteiger partial charge in [0.2, 0.25) is 0 Å². The lowest BCUT2D eigenvalue weighted by Gasteiger charge is -2.15. The van der Waals surface area contributed by atoms with Crippen molar-refractivity contribution in [2.75, 3.05) is 5.32 Å². The molecule has 0 aliphatic heterocycles. The van der Waals surface area contributed by atoms with Gasteiger partial charge in [-0.2, -0.15) is 5.10 Å². The van der Waals surface area contributed by atoms with E-state index < -0.39 is 0 Å². The Kier molecular flexibility index (Phi) is 6.67. The van der Waals surface area contributed by atoms with Crippen LogP contribution < -0.4 is 10.6 Å². The minimum absolute atomic E-state index is 0.0658. The van der Waals surface area contributed by atoms with E-state index in [9.17, 15) is 9.59 Å². The molecule has 1 aromatic heterocycles. The standard InChI is InChI=1S/C24H28N4O2/c1-5-16(2)25-24(30)21-8-6-7-9-22(21)26-23(29)20-12-10-19(11-13-20)15-28-18(4)14-17(3)27-28/h6-14,16H,5,15H2,1-4H3,(H,25,30)(H,26,29). The van der Waals surface area contributed by atoms with Gasteiger partial charge >= 0.3 is 0 Å². The Labute approximate surface area is 177 Å². The summed E-state index contributed by atoms with van der Waals surface area (Å²) < 4.78 is 1.94. The normalized spacial score (nSPS) is 11.7. The summed E-state index contributed by atoms with van der Waals surface area (Å²) in [5.41, 5.74) is 4.62. The molecule has 2 N–H and O–H groups in total. The third-order valence-electron chi connectivity index (χ3n) is 5.06. The highest BCUT2D eigenvalue weighted by molar-refractivity contribution is 6.09. The van der Waals surface area contributed by atoms with Crippen LogP contribution in [0.3, 0.4) is 0 Å². The van der Waals surface area contributed by atoms with E-state index in [0.717, 1.165) is 23.4 Å². The second-order valence-electron chi connectivity index (χ2n) is 7.56. The van der Waals surface area contributed by atoms with Gasteiger partial charge in [-0.25, -0.2) is 0 Å². The molecule has 30 heavy (non-hydrogen) atoms. The predicted molar refractivity (Wildman–Crippen MR) is 119 cm³/mol. The highest BCUT2D eigenvalue weighted by Gasteiger charge is 2.15. The highest BCUT2D eigenvalue weighted by Crippen LogP contribution is 2.17. The number of amides is 2. The first-order chi connectivity index (χ1) is 14.4. The van der Waals surface area contributed by atoms with E-state index >= 15 is 0 Å². The number of aryl methyl sites for hydroxylation is 2. The second-order valence-corrected chi connectivity index (χ2v) is 7.56. The zero-order chi connectivity index (χ0) is 21.7. The molecule has 1 unspecified atom stereocenters. The SMILES string of the molecule is CCC(C)NC(=O)c1ccccc1NC(=O)c1ccc(Cn2nc(C)cc2C)cc1. The molecule has 0 fully saturated rings. The average Bonchev–Trinajstić information content (AvgIpc) is 3.05. The molecule has 0 radical (unpaired) electrons. The number of rotatable bonds is 7. The van der Waals surface area contributed by atoms with Crippen molar-refractivity contribution in [2.24, 2.45) is 0 Å². The fourth-order valence-electron chi connectivity index (χ4n) is 3.16. The van der Waals surface area contributed by atoms with Crippen LogP contribution in [0.2, 0.25) is 0 Å². The molecule has 156 valence electrons. The fraction of sp³-hybridized carbons (Fsp3) is 0.292. The zero-order valence-corrected chi connectivity index (χ0v) is 17.9. The van der Waals surface area contributed by atoms with Crippen LogP contribution in [0.25, 0.3) is 0 Å². The largest absolute Gasteiger partial charge is 0.350 e. The van der Waals surface area contributed by atoms with E-state index in [1.165, 1.54) is 0 Å². The number of nitrogens with zero attached hydrogens (tertiary/aromatic N) is 2. The Morgan fingerprint density at radius 2 is 1.73 bits per heavy atom. The van der Waals surface area contributed by atoms with Crippen molar-refractivity contribution >= 4 is 17.5 Å². The summed E-state index contributed by atoms with van der Waals surface area (Å²) in [4.78, 5) is 25.3. The third-order valence-corrected chi connectivity index (χ3v) is 5.06. The smallest absolute Gasteiger partial charge is 0.255 e. The molecule has 6 nitrogen and oxygen atoms in total. The number of anilines is 1. The van der Waals surface area contributed by atoms with Gasteiger partial charge in [-0.15, -0.1) is 0 Å². The molecule has 0 bridgehead atoms. The Morgan fingerprint density at radius 3 is 2.37 bits per heavy atom. The van der Waals surface area contributed by atoms with Gasteiger partial charge in [-0.3, -0.25) is 14.3 Å². The van der Waals surface area contributed by atoms with Crippen LogP contribution in [-0.2, 0) is 6.54 Å². The summed E-state index contributed by atoms with van der Waals surface area (Å²) in [5, 5.41) is 10.3. The summed E-state index contributed by atoms with van der Waals surface area (Å²) >= 11 is 0. The van der Waals surface area contributed by atoms with Crippen molar-refractivity contribution in [1.29, 1.82) is 0 Å². The topological polar surface area (TPSA) is 76.0 Å². The quantitative estimate of drug-likeness (QED) is 0.615. The molecular weight excluding hydrogens is 376 g/mol. The first-order valence-corrected chi connectivity index (χ1v) is 10.2. The van der Waals surface area contributed by atoms with E-state index in [-0.39, 0.29) is 17.9 Å². The average molecular weight is 405 g/mol. The van der Waals surface area contributed by atoms with Crippen LogP contribution in [0.5, 0.6) is 0 Å². The Hall–Kier alpha value is -3.41. The lowest BCUT2D eigenvalue weighted by atomic mass is 10.1. The summed E-state index contributed by atoms with van der Waals surface area (Å²) in [6.07, 6.45) is 0.838. The van der Waals surface area contributed by atoms with Crippen LogP contribution >= 0.6 is 0 Å². The summed E-state index contributed by atoms with van der Waals surface area (Å²) in [6, 6.07) is 16.6. The molecule has 3 rings (SSSR count). The Bertz CT molecular complexity index is 1040. The molecule has 1 heterocycles. The van der Waals surface area contributed by atoms with Crippen LogP contribution in [0.1, 0.15) is 57.9 Å². The number of carbonyl (C=O) groups is 2. The van der Waals surface area contributed by atoms with Crippen molar-refractivity contribution in [3.63, 3.8) is 0 Å². The molecule has 1 atom stereocenters. The maximum absolute atomic E-state index is 12.7. The molecule has 0 spiro atoms. The van der Waals surface area contributed by atoms with Crippen LogP contribution in [0, 0.1) is 13.8 Å². The van der Waals surface area contributed by atoms with Crippen LogP contribution in [-0.4, -0.2) is 27.6 Å². The molecule has 0 aliphatic carbocycles. The number of hydrogen-bond donors (Lipinski definition) is 2. The van der Waals surface area contributed by atoms with Gasteiger partial charge < -0.3 is 10.6 Å². The first kappa shape index (κ1) is 21.3. The third kappa shape index (κ3) is 5.14. The summed E-state index contributed by atoms with van der Waals surface area (Å²) in [5.74, 6) is -0.447. The predicted octanol–water partition coefficient (Wildman–Crippen LogP) is 4.33. The van der Waals surface area contributed by atoms with Crippen molar-refractivity contribution in [3.05, 3.63) is 82.7 Å². The number of nitrogens with one attached hydrogen (secondary N) is 2. The number of aromatic nitrogens is 2. The van der Waals surface area contributed by atoms with E-state index in [4.69, 9.17) is 0 Å². The maximum atomic E-state index is 12.7. The van der Waals surface area contributed by atoms with Gasteiger partial charge in [0.05, 0.1) is 23.5 Å². The van der Waals surface area contributed by atoms with Gasteiger partial charge in [-0.05, 0) is 63.1 Å².